The van der Waals surface area contributed by atoms with Crippen LogP contribution in [0.25, 0.3) is 0 Å². The van der Waals surface area contributed by atoms with E-state index in [1.807, 2.05) is 30.3 Å². The summed E-state index contributed by atoms with van der Waals surface area (Å²) in [5.41, 5.74) is 0.407. The minimum Gasteiger partial charge on any atom is -0.481 e. The molecule has 1 saturated heterocycles. The molecule has 0 radical (unpaired) electrons. The van der Waals surface area contributed by atoms with Crippen LogP contribution >= 0.6 is 0 Å². The molecule has 1 fully saturated rings. The van der Waals surface area contributed by atoms with E-state index in [4.69, 9.17) is 5.11 Å². The summed E-state index contributed by atoms with van der Waals surface area (Å²) in [5, 5.41) is 19.8. The van der Waals surface area contributed by atoms with Gasteiger partial charge in [-0.2, -0.15) is 0 Å². The van der Waals surface area contributed by atoms with Crippen molar-refractivity contribution in [1.82, 2.24) is 4.90 Å². The van der Waals surface area contributed by atoms with Crippen LogP contribution in [0.5, 0.6) is 0 Å². The second-order valence-corrected chi connectivity index (χ2v) is 5.51. The smallest absolute Gasteiger partial charge is 0.304 e. The molecule has 0 aromatic heterocycles. The molecule has 6 heteroatoms. The lowest BCUT2D eigenvalue weighted by Gasteiger charge is -2.23. The maximum absolute atomic E-state index is 11.0. The van der Waals surface area contributed by atoms with Crippen molar-refractivity contribution in [2.45, 2.75) is 19.4 Å². The fourth-order valence-corrected chi connectivity index (χ4v) is 2.93. The summed E-state index contributed by atoms with van der Waals surface area (Å²) in [6.07, 6.45) is 0.423. The van der Waals surface area contributed by atoms with Crippen LogP contribution in [0.1, 0.15) is 18.4 Å². The van der Waals surface area contributed by atoms with Gasteiger partial charge in [-0.25, -0.2) is 0 Å². The molecule has 6 nitrogen and oxygen atoms in total. The number of carboxylic acid groups (broad SMARTS) is 1. The number of hydrogen-bond donors (Lipinski definition) is 1. The van der Waals surface area contributed by atoms with Gasteiger partial charge >= 0.3 is 5.97 Å². The van der Waals surface area contributed by atoms with E-state index in [0.29, 0.717) is 26.1 Å². The number of nitrogens with zero attached hydrogens (tertiary/aromatic N) is 2. The van der Waals surface area contributed by atoms with E-state index in [2.05, 4.69) is 4.90 Å². The Morgan fingerprint density at radius 1 is 1.40 bits per heavy atom. The van der Waals surface area contributed by atoms with Gasteiger partial charge in [-0.05, 0) is 18.5 Å². The Hall–Kier alpha value is -1.95. The van der Waals surface area contributed by atoms with Crippen LogP contribution in [0.3, 0.4) is 0 Å². The molecule has 1 aromatic carbocycles. The largest absolute Gasteiger partial charge is 0.481 e. The Bertz CT molecular complexity index is 473. The zero-order chi connectivity index (χ0) is 14.6. The van der Waals surface area contributed by atoms with Gasteiger partial charge in [-0.15, -0.1) is 0 Å². The second-order valence-electron chi connectivity index (χ2n) is 5.51. The lowest BCUT2D eigenvalue weighted by Crippen LogP contribution is -2.35. The SMILES string of the molecule is O=C(O)CC1(C[N+](=O)[O-])CCN(Cc2ccccc2)C1. The van der Waals surface area contributed by atoms with Crippen LogP contribution in [-0.2, 0) is 11.3 Å². The molecule has 1 heterocycles. The summed E-state index contributed by atoms with van der Waals surface area (Å²) in [7, 11) is 0. The van der Waals surface area contributed by atoms with Gasteiger partial charge in [0.25, 0.3) is 0 Å². The van der Waals surface area contributed by atoms with Crippen molar-refractivity contribution in [3.8, 4) is 0 Å². The first-order chi connectivity index (χ1) is 9.49. The van der Waals surface area contributed by atoms with E-state index < -0.39 is 16.3 Å². The number of carbonyl (C=O) groups is 1. The van der Waals surface area contributed by atoms with Crippen LogP contribution in [0.15, 0.2) is 30.3 Å². The van der Waals surface area contributed by atoms with Crippen molar-refractivity contribution in [2.75, 3.05) is 19.6 Å². The maximum atomic E-state index is 11.0. The summed E-state index contributed by atoms with van der Waals surface area (Å²) in [5.74, 6) is -0.964. The molecule has 20 heavy (non-hydrogen) atoms. The average Bonchev–Trinajstić information content (AvgIpc) is 2.71. The number of aliphatic carboxylic acids is 1. The number of rotatable bonds is 6. The molecule has 0 amide bonds. The van der Waals surface area contributed by atoms with Gasteiger partial charge in [0, 0.05) is 18.0 Å². The first-order valence-corrected chi connectivity index (χ1v) is 6.59. The molecule has 1 unspecified atom stereocenters. The summed E-state index contributed by atoms with van der Waals surface area (Å²) in [6, 6.07) is 9.85. The highest BCUT2D eigenvalue weighted by molar-refractivity contribution is 5.67. The Morgan fingerprint density at radius 3 is 2.70 bits per heavy atom. The average molecular weight is 278 g/mol. The molecule has 1 N–H and O–H groups in total. The number of nitro groups is 1. The van der Waals surface area contributed by atoms with Crippen LogP contribution in [0, 0.1) is 15.5 Å². The lowest BCUT2D eigenvalue weighted by atomic mass is 9.83. The van der Waals surface area contributed by atoms with E-state index in [9.17, 15) is 14.9 Å². The van der Waals surface area contributed by atoms with Gasteiger partial charge < -0.3 is 5.11 Å². The fourth-order valence-electron chi connectivity index (χ4n) is 2.93. The van der Waals surface area contributed by atoms with Crippen molar-refractivity contribution in [2.24, 2.45) is 5.41 Å². The molecule has 1 atom stereocenters. The van der Waals surface area contributed by atoms with Crippen molar-refractivity contribution < 1.29 is 14.8 Å². The second kappa shape index (κ2) is 6.00. The fraction of sp³-hybridized carbons (Fsp3) is 0.500. The number of hydrogen-bond acceptors (Lipinski definition) is 4. The Kier molecular flexibility index (Phi) is 4.34. The topological polar surface area (TPSA) is 83.7 Å². The van der Waals surface area contributed by atoms with Gasteiger partial charge in [0.15, 0.2) is 0 Å². The van der Waals surface area contributed by atoms with Crippen LogP contribution in [0.2, 0.25) is 0 Å². The van der Waals surface area contributed by atoms with Gasteiger partial charge in [-0.3, -0.25) is 19.8 Å². The molecule has 1 aliphatic rings. The third kappa shape index (κ3) is 3.77. The normalized spacial score (nSPS) is 22.8. The predicted octanol–water partition coefficient (Wildman–Crippen LogP) is 1.63. The summed E-state index contributed by atoms with van der Waals surface area (Å²) >= 11 is 0. The minimum atomic E-state index is -0.964. The molecule has 0 saturated carbocycles. The van der Waals surface area contributed by atoms with E-state index >= 15 is 0 Å². The van der Waals surface area contributed by atoms with Crippen molar-refractivity contribution in [3.05, 3.63) is 46.0 Å². The highest BCUT2D eigenvalue weighted by atomic mass is 16.6. The van der Waals surface area contributed by atoms with Crippen LogP contribution in [0.4, 0.5) is 0 Å². The van der Waals surface area contributed by atoms with Gasteiger partial charge in [0.1, 0.15) is 0 Å². The monoisotopic (exact) mass is 278 g/mol. The van der Waals surface area contributed by atoms with Crippen LogP contribution in [-0.4, -0.2) is 40.5 Å². The van der Waals surface area contributed by atoms with Gasteiger partial charge in [0.2, 0.25) is 6.54 Å². The Balaban J connectivity index is 2.03. The lowest BCUT2D eigenvalue weighted by molar-refractivity contribution is -0.496. The number of carboxylic acids is 1. The van der Waals surface area contributed by atoms with Crippen molar-refractivity contribution >= 4 is 5.97 Å². The molecule has 0 bridgehead atoms. The van der Waals surface area contributed by atoms with Crippen molar-refractivity contribution in [3.63, 3.8) is 0 Å². The molecular formula is C14H18N2O4. The van der Waals surface area contributed by atoms with E-state index in [-0.39, 0.29) is 13.0 Å². The van der Waals surface area contributed by atoms with Gasteiger partial charge in [-0.1, -0.05) is 30.3 Å². The zero-order valence-corrected chi connectivity index (χ0v) is 11.2. The molecule has 108 valence electrons. The van der Waals surface area contributed by atoms with E-state index in [0.717, 1.165) is 5.56 Å². The molecule has 2 rings (SSSR count). The third-order valence-corrected chi connectivity index (χ3v) is 3.76. The standard InChI is InChI=1S/C14H18N2O4/c17-13(18)8-14(11-16(19)20)6-7-15(10-14)9-12-4-2-1-3-5-12/h1-5H,6-11H2,(H,17,18). The molecule has 1 aliphatic heterocycles. The molecule has 0 spiro atoms. The number of benzene rings is 1. The quantitative estimate of drug-likeness (QED) is 0.631. The minimum absolute atomic E-state index is 0.140. The highest BCUT2D eigenvalue weighted by Crippen LogP contribution is 2.35. The summed E-state index contributed by atoms with van der Waals surface area (Å²) in [4.78, 5) is 23.5. The Labute approximate surface area is 117 Å². The maximum Gasteiger partial charge on any atom is 0.304 e. The summed E-state index contributed by atoms with van der Waals surface area (Å²) in [6.45, 7) is 1.61. The first kappa shape index (κ1) is 14.5. The van der Waals surface area contributed by atoms with E-state index in [1.165, 1.54) is 0 Å². The van der Waals surface area contributed by atoms with Gasteiger partial charge in [0.05, 0.1) is 11.8 Å². The molecular weight excluding hydrogens is 260 g/mol. The molecule has 1 aromatic rings. The molecule has 0 aliphatic carbocycles. The Morgan fingerprint density at radius 2 is 2.10 bits per heavy atom. The zero-order valence-electron chi connectivity index (χ0n) is 11.2. The summed E-state index contributed by atoms with van der Waals surface area (Å²) < 4.78 is 0. The number of likely N-dealkylation sites (tertiary alicyclic amines) is 1. The van der Waals surface area contributed by atoms with Crippen molar-refractivity contribution in [1.29, 1.82) is 0 Å². The third-order valence-electron chi connectivity index (χ3n) is 3.76. The first-order valence-electron chi connectivity index (χ1n) is 6.59. The highest BCUT2D eigenvalue weighted by Gasteiger charge is 2.44. The predicted molar refractivity (Wildman–Crippen MR) is 72.9 cm³/mol. The van der Waals surface area contributed by atoms with Crippen LogP contribution < -0.4 is 0 Å². The van der Waals surface area contributed by atoms with E-state index in [1.54, 1.807) is 0 Å².